The highest BCUT2D eigenvalue weighted by Gasteiger charge is 2.15. The van der Waals surface area contributed by atoms with Gasteiger partial charge in [-0.3, -0.25) is 14.7 Å². The van der Waals surface area contributed by atoms with Crippen LogP contribution in [0.5, 0.6) is 0 Å². The van der Waals surface area contributed by atoms with E-state index < -0.39 is 11.4 Å². The van der Waals surface area contributed by atoms with Gasteiger partial charge in [0.25, 0.3) is 11.5 Å². The minimum Gasteiger partial charge on any atom is -0.377 e. The molecule has 3 heterocycles. The van der Waals surface area contributed by atoms with Crippen LogP contribution >= 0.6 is 0 Å². The molecule has 0 fully saturated rings. The van der Waals surface area contributed by atoms with Crippen molar-refractivity contribution in [2.45, 2.75) is 19.3 Å². The van der Waals surface area contributed by atoms with Crippen molar-refractivity contribution in [3.05, 3.63) is 76.5 Å². The smallest absolute Gasteiger partial charge is 0.299 e. The van der Waals surface area contributed by atoms with Crippen LogP contribution in [-0.2, 0) is 0 Å². The number of hydrogen-bond donors (Lipinski definition) is 2. The molecule has 1 aliphatic rings. The average molecular weight is 446 g/mol. The van der Waals surface area contributed by atoms with E-state index in [4.69, 9.17) is 0 Å². The molecule has 0 atom stereocenters. The van der Waals surface area contributed by atoms with Gasteiger partial charge in [0, 0.05) is 30.6 Å². The molecule has 1 aliphatic heterocycles. The topological polar surface area (TPSA) is 95.9 Å². The summed E-state index contributed by atoms with van der Waals surface area (Å²) < 4.78 is 15.3. The van der Waals surface area contributed by atoms with Gasteiger partial charge in [0.05, 0.1) is 11.2 Å². The molecular formula is C24H23FN6O2. The molecule has 33 heavy (non-hydrogen) atoms. The number of rotatable bonds is 7. The van der Waals surface area contributed by atoms with E-state index in [1.807, 2.05) is 0 Å². The largest absolute Gasteiger partial charge is 0.377 e. The molecule has 5 rings (SSSR count). The number of nitrogens with one attached hydrogen (secondary N) is 2. The third-order valence-electron chi connectivity index (χ3n) is 5.82. The molecule has 1 amide bonds. The van der Waals surface area contributed by atoms with Crippen LogP contribution in [0.25, 0.3) is 27.6 Å². The van der Waals surface area contributed by atoms with Crippen LogP contribution in [0, 0.1) is 5.82 Å². The number of halogens is 1. The number of aromatic amines is 1. The summed E-state index contributed by atoms with van der Waals surface area (Å²) >= 11 is 0. The molecule has 0 radical (unpaired) electrons. The van der Waals surface area contributed by atoms with Crippen LogP contribution in [0.4, 0.5) is 4.39 Å². The summed E-state index contributed by atoms with van der Waals surface area (Å²) in [6.07, 6.45) is 7.35. The van der Waals surface area contributed by atoms with Gasteiger partial charge >= 0.3 is 0 Å². The zero-order valence-corrected chi connectivity index (χ0v) is 17.9. The molecule has 168 valence electrons. The zero-order valence-electron chi connectivity index (χ0n) is 17.9. The summed E-state index contributed by atoms with van der Waals surface area (Å²) in [6, 6.07) is 11.2. The maximum absolute atomic E-state index is 14.0. The Kier molecular flexibility index (Phi) is 5.60. The lowest BCUT2D eigenvalue weighted by molar-refractivity contribution is 0.0952. The Morgan fingerprint density at radius 2 is 1.91 bits per heavy atom. The summed E-state index contributed by atoms with van der Waals surface area (Å²) in [7, 11) is 0. The number of carbonyl (C=O) groups is 1. The third-order valence-corrected chi connectivity index (χ3v) is 5.82. The van der Waals surface area contributed by atoms with Gasteiger partial charge in [-0.2, -0.15) is 0 Å². The molecule has 9 heteroatoms. The van der Waals surface area contributed by atoms with Crippen molar-refractivity contribution in [2.24, 2.45) is 0 Å². The van der Waals surface area contributed by atoms with E-state index >= 15 is 0 Å². The SMILES string of the molecule is O=C(NCCCCN1C=CCC1)c1ccc(-n2[nH]c3c(nnc4c(F)cccc43)c2=O)cc1. The Morgan fingerprint density at radius 1 is 1.09 bits per heavy atom. The predicted octanol–water partition coefficient (Wildman–Crippen LogP) is 3.13. The van der Waals surface area contributed by atoms with Crippen LogP contribution in [0.15, 0.2) is 59.5 Å². The van der Waals surface area contributed by atoms with Crippen LogP contribution in [0.1, 0.15) is 29.6 Å². The highest BCUT2D eigenvalue weighted by molar-refractivity contribution is 6.01. The maximum atomic E-state index is 14.0. The second-order valence-electron chi connectivity index (χ2n) is 8.03. The summed E-state index contributed by atoms with van der Waals surface area (Å²) in [5.41, 5.74) is 1.29. The summed E-state index contributed by atoms with van der Waals surface area (Å²) in [5, 5.41) is 14.2. The first-order valence-electron chi connectivity index (χ1n) is 11.0. The molecule has 2 N–H and O–H groups in total. The number of H-pyrrole nitrogens is 1. The molecule has 0 aliphatic carbocycles. The van der Waals surface area contributed by atoms with Crippen LogP contribution in [-0.4, -0.2) is 50.4 Å². The first-order chi connectivity index (χ1) is 16.1. The second-order valence-corrected chi connectivity index (χ2v) is 8.03. The van der Waals surface area contributed by atoms with Gasteiger partial charge in [0.15, 0.2) is 11.3 Å². The highest BCUT2D eigenvalue weighted by Crippen LogP contribution is 2.21. The fraction of sp³-hybridized carbons (Fsp3) is 0.250. The van der Waals surface area contributed by atoms with E-state index in [0.717, 1.165) is 32.4 Å². The van der Waals surface area contributed by atoms with Crippen LogP contribution < -0.4 is 10.9 Å². The monoisotopic (exact) mass is 446 g/mol. The number of benzene rings is 2. The van der Waals surface area contributed by atoms with E-state index in [9.17, 15) is 14.0 Å². The normalized spacial score (nSPS) is 13.3. The second kappa shape index (κ2) is 8.85. The van der Waals surface area contributed by atoms with Crippen molar-refractivity contribution < 1.29 is 9.18 Å². The van der Waals surface area contributed by atoms with Crippen molar-refractivity contribution in [3.63, 3.8) is 0 Å². The lowest BCUT2D eigenvalue weighted by atomic mass is 10.2. The Labute approximate surface area is 188 Å². The standard InChI is InChI=1S/C24H23FN6O2/c25-19-7-5-6-18-20(19)27-28-22-21(18)29-31(24(22)33)17-10-8-16(9-11-17)23(32)26-12-1-2-13-30-14-3-4-15-30/h3,5-11,14,29H,1-2,4,12-13,15H2,(H,26,32). The van der Waals surface area contributed by atoms with Gasteiger partial charge in [0.1, 0.15) is 5.52 Å². The van der Waals surface area contributed by atoms with Crippen molar-refractivity contribution in [1.29, 1.82) is 0 Å². The van der Waals surface area contributed by atoms with E-state index in [1.165, 1.54) is 10.7 Å². The number of aromatic nitrogens is 4. The van der Waals surface area contributed by atoms with Crippen molar-refractivity contribution in [1.82, 2.24) is 30.2 Å². The molecule has 8 nitrogen and oxygen atoms in total. The zero-order chi connectivity index (χ0) is 22.8. The molecule has 0 spiro atoms. The van der Waals surface area contributed by atoms with Crippen molar-refractivity contribution >= 4 is 27.8 Å². The first kappa shape index (κ1) is 20.9. The molecule has 0 saturated heterocycles. The van der Waals surface area contributed by atoms with Crippen molar-refractivity contribution in [2.75, 3.05) is 19.6 Å². The van der Waals surface area contributed by atoms with E-state index in [0.29, 0.717) is 28.7 Å². The fourth-order valence-electron chi connectivity index (χ4n) is 4.04. The average Bonchev–Trinajstić information content (AvgIpc) is 3.47. The lowest BCUT2D eigenvalue weighted by Gasteiger charge is -2.14. The van der Waals surface area contributed by atoms with E-state index in [1.54, 1.807) is 36.4 Å². The molecule has 0 bridgehead atoms. The summed E-state index contributed by atoms with van der Waals surface area (Å²) in [4.78, 5) is 27.5. The summed E-state index contributed by atoms with van der Waals surface area (Å²) in [5.74, 6) is -0.655. The number of unbranched alkanes of at least 4 members (excludes halogenated alkanes) is 1. The number of carbonyl (C=O) groups excluding carboxylic acids is 1. The minimum absolute atomic E-state index is 0.0994. The Bertz CT molecular complexity index is 1410. The molecule has 0 unspecified atom stereocenters. The molecule has 4 aromatic rings. The van der Waals surface area contributed by atoms with Gasteiger partial charge in [-0.25, -0.2) is 9.07 Å². The molecule has 2 aromatic heterocycles. The first-order valence-corrected chi connectivity index (χ1v) is 11.0. The Morgan fingerprint density at radius 3 is 2.70 bits per heavy atom. The molecule has 2 aromatic carbocycles. The van der Waals surface area contributed by atoms with Gasteiger partial charge in [-0.15, -0.1) is 10.2 Å². The molecule has 0 saturated carbocycles. The van der Waals surface area contributed by atoms with Gasteiger partial charge in [-0.05, 0) is 55.8 Å². The van der Waals surface area contributed by atoms with E-state index in [-0.39, 0.29) is 16.9 Å². The number of nitrogens with zero attached hydrogens (tertiary/aromatic N) is 4. The van der Waals surface area contributed by atoms with E-state index in [2.05, 4.69) is 37.8 Å². The fourth-order valence-corrected chi connectivity index (χ4v) is 4.04. The maximum Gasteiger partial charge on any atom is 0.299 e. The predicted molar refractivity (Wildman–Crippen MR) is 124 cm³/mol. The van der Waals surface area contributed by atoms with Crippen molar-refractivity contribution in [3.8, 4) is 5.69 Å². The van der Waals surface area contributed by atoms with Crippen LogP contribution in [0.3, 0.4) is 0 Å². The van der Waals surface area contributed by atoms with Gasteiger partial charge in [-0.1, -0.05) is 18.2 Å². The number of amides is 1. The third kappa shape index (κ3) is 4.09. The number of fused-ring (bicyclic) bond motifs is 3. The molecular weight excluding hydrogens is 423 g/mol. The Hall–Kier alpha value is -4.01. The quantitative estimate of drug-likeness (QED) is 0.425. The van der Waals surface area contributed by atoms with Crippen LogP contribution in [0.2, 0.25) is 0 Å². The lowest BCUT2D eigenvalue weighted by Crippen LogP contribution is -2.25. The minimum atomic E-state index is -0.501. The van der Waals surface area contributed by atoms with Gasteiger partial charge in [0.2, 0.25) is 0 Å². The highest BCUT2D eigenvalue weighted by atomic mass is 19.1. The van der Waals surface area contributed by atoms with Gasteiger partial charge < -0.3 is 10.2 Å². The Balaban J connectivity index is 1.28. The summed E-state index contributed by atoms with van der Waals surface area (Å²) in [6.45, 7) is 2.70. The number of hydrogen-bond acceptors (Lipinski definition) is 5.